The maximum atomic E-state index is 3.72. The molecule has 106 valence electrons. The number of benzene rings is 1. The first-order valence-electron chi connectivity index (χ1n) is 7.76. The lowest BCUT2D eigenvalue weighted by Crippen LogP contribution is -2.37. The molecule has 0 spiro atoms. The third-order valence-electron chi connectivity index (χ3n) is 4.46. The highest BCUT2D eigenvalue weighted by Crippen LogP contribution is 2.32. The molecule has 0 aliphatic heterocycles. The largest absolute Gasteiger partial charge is 0.313 e. The Morgan fingerprint density at radius 1 is 1.11 bits per heavy atom. The fraction of sp³-hybridized carbons (Fsp3) is 0.647. The van der Waals surface area contributed by atoms with E-state index in [2.05, 4.69) is 54.5 Å². The van der Waals surface area contributed by atoms with E-state index in [-0.39, 0.29) is 0 Å². The van der Waals surface area contributed by atoms with Gasteiger partial charge in [0, 0.05) is 19.1 Å². The zero-order valence-electron chi connectivity index (χ0n) is 12.4. The Bertz CT molecular complexity index is 342. The molecule has 2 nitrogen and oxygen atoms in total. The molecule has 0 atom stereocenters. The SMILES string of the molecule is CCN(C)CCNC1CCC(c2ccccc2)CC1. The highest BCUT2D eigenvalue weighted by Gasteiger charge is 2.21. The van der Waals surface area contributed by atoms with Crippen LogP contribution in [-0.4, -0.2) is 37.6 Å². The lowest BCUT2D eigenvalue weighted by molar-refractivity contribution is 0.305. The molecule has 1 saturated carbocycles. The van der Waals surface area contributed by atoms with Crippen LogP contribution in [0.3, 0.4) is 0 Å². The van der Waals surface area contributed by atoms with Gasteiger partial charge in [-0.05, 0) is 50.8 Å². The van der Waals surface area contributed by atoms with Crippen molar-refractivity contribution in [3.8, 4) is 0 Å². The molecule has 0 amide bonds. The van der Waals surface area contributed by atoms with Gasteiger partial charge in [0.15, 0.2) is 0 Å². The van der Waals surface area contributed by atoms with Crippen LogP contribution < -0.4 is 5.32 Å². The second-order valence-electron chi connectivity index (χ2n) is 5.81. The van der Waals surface area contributed by atoms with Crippen molar-refractivity contribution in [1.82, 2.24) is 10.2 Å². The van der Waals surface area contributed by atoms with Gasteiger partial charge in [0.2, 0.25) is 0 Å². The van der Waals surface area contributed by atoms with Gasteiger partial charge in [-0.15, -0.1) is 0 Å². The van der Waals surface area contributed by atoms with Gasteiger partial charge >= 0.3 is 0 Å². The Morgan fingerprint density at radius 2 is 1.79 bits per heavy atom. The summed E-state index contributed by atoms with van der Waals surface area (Å²) in [5.41, 5.74) is 1.53. The Balaban J connectivity index is 1.68. The van der Waals surface area contributed by atoms with Gasteiger partial charge in [-0.3, -0.25) is 0 Å². The molecule has 1 aliphatic rings. The highest BCUT2D eigenvalue weighted by atomic mass is 15.1. The van der Waals surface area contributed by atoms with Crippen LogP contribution in [-0.2, 0) is 0 Å². The van der Waals surface area contributed by atoms with Crippen LogP contribution in [0.4, 0.5) is 0 Å². The molecule has 19 heavy (non-hydrogen) atoms. The van der Waals surface area contributed by atoms with Crippen LogP contribution in [0.15, 0.2) is 30.3 Å². The van der Waals surface area contributed by atoms with Gasteiger partial charge in [-0.1, -0.05) is 37.3 Å². The summed E-state index contributed by atoms with van der Waals surface area (Å²) in [6.45, 7) is 5.65. The lowest BCUT2D eigenvalue weighted by atomic mass is 9.82. The minimum Gasteiger partial charge on any atom is -0.313 e. The number of nitrogens with one attached hydrogen (secondary N) is 1. The number of likely N-dealkylation sites (N-methyl/N-ethyl adjacent to an activating group) is 1. The Hall–Kier alpha value is -0.860. The maximum absolute atomic E-state index is 3.72. The average Bonchev–Trinajstić information content (AvgIpc) is 2.48. The molecule has 1 N–H and O–H groups in total. The first kappa shape index (κ1) is 14.5. The fourth-order valence-corrected chi connectivity index (χ4v) is 2.97. The molecule has 0 radical (unpaired) electrons. The van der Waals surface area contributed by atoms with Gasteiger partial charge in [0.25, 0.3) is 0 Å². The number of rotatable bonds is 6. The van der Waals surface area contributed by atoms with Crippen molar-refractivity contribution in [3.05, 3.63) is 35.9 Å². The molecular formula is C17H28N2. The van der Waals surface area contributed by atoms with Crippen LogP contribution in [0.2, 0.25) is 0 Å². The quantitative estimate of drug-likeness (QED) is 0.844. The normalized spacial score (nSPS) is 23.7. The van der Waals surface area contributed by atoms with Gasteiger partial charge in [0.05, 0.1) is 0 Å². The fourth-order valence-electron chi connectivity index (χ4n) is 2.97. The molecule has 1 aliphatic carbocycles. The van der Waals surface area contributed by atoms with Crippen LogP contribution in [0.5, 0.6) is 0 Å². The number of hydrogen-bond acceptors (Lipinski definition) is 2. The van der Waals surface area contributed by atoms with Crippen molar-refractivity contribution < 1.29 is 0 Å². The monoisotopic (exact) mass is 260 g/mol. The first-order chi connectivity index (χ1) is 9.29. The van der Waals surface area contributed by atoms with E-state index in [1.54, 1.807) is 0 Å². The number of hydrogen-bond donors (Lipinski definition) is 1. The van der Waals surface area contributed by atoms with E-state index >= 15 is 0 Å². The zero-order valence-corrected chi connectivity index (χ0v) is 12.4. The summed E-state index contributed by atoms with van der Waals surface area (Å²) in [6, 6.07) is 11.8. The van der Waals surface area contributed by atoms with Gasteiger partial charge in [0.1, 0.15) is 0 Å². The average molecular weight is 260 g/mol. The molecule has 1 aromatic carbocycles. The Kier molecular flexibility index (Phi) is 5.87. The summed E-state index contributed by atoms with van der Waals surface area (Å²) in [7, 11) is 2.19. The van der Waals surface area contributed by atoms with Gasteiger partial charge < -0.3 is 10.2 Å². The van der Waals surface area contributed by atoms with E-state index in [0.717, 1.165) is 31.6 Å². The van der Waals surface area contributed by atoms with Crippen molar-refractivity contribution in [3.63, 3.8) is 0 Å². The second kappa shape index (κ2) is 7.66. The minimum atomic E-state index is 0.741. The van der Waals surface area contributed by atoms with Crippen molar-refractivity contribution in [2.75, 3.05) is 26.7 Å². The zero-order chi connectivity index (χ0) is 13.5. The first-order valence-corrected chi connectivity index (χ1v) is 7.76. The van der Waals surface area contributed by atoms with E-state index in [1.807, 2.05) is 0 Å². The molecule has 0 bridgehead atoms. The molecule has 2 rings (SSSR count). The molecular weight excluding hydrogens is 232 g/mol. The van der Waals surface area contributed by atoms with Crippen LogP contribution in [0.25, 0.3) is 0 Å². The van der Waals surface area contributed by atoms with Crippen molar-refractivity contribution >= 4 is 0 Å². The van der Waals surface area contributed by atoms with E-state index in [0.29, 0.717) is 0 Å². The van der Waals surface area contributed by atoms with E-state index in [9.17, 15) is 0 Å². The van der Waals surface area contributed by atoms with E-state index in [4.69, 9.17) is 0 Å². The molecule has 0 saturated heterocycles. The van der Waals surface area contributed by atoms with Crippen molar-refractivity contribution in [2.24, 2.45) is 0 Å². The Morgan fingerprint density at radius 3 is 2.42 bits per heavy atom. The summed E-state index contributed by atoms with van der Waals surface area (Å²) in [5.74, 6) is 0.789. The van der Waals surface area contributed by atoms with Gasteiger partial charge in [-0.2, -0.15) is 0 Å². The standard InChI is InChI=1S/C17H28N2/c1-3-19(2)14-13-18-17-11-9-16(10-12-17)15-7-5-4-6-8-15/h4-8,16-18H,3,9-14H2,1-2H3. The summed E-state index contributed by atoms with van der Waals surface area (Å²) in [6.07, 6.45) is 5.33. The molecule has 0 unspecified atom stereocenters. The maximum Gasteiger partial charge on any atom is 0.0104 e. The van der Waals surface area contributed by atoms with Crippen molar-refractivity contribution in [1.29, 1.82) is 0 Å². The van der Waals surface area contributed by atoms with Crippen LogP contribution in [0.1, 0.15) is 44.1 Å². The summed E-state index contributed by atoms with van der Waals surface area (Å²) < 4.78 is 0. The van der Waals surface area contributed by atoms with E-state index < -0.39 is 0 Å². The number of nitrogens with zero attached hydrogens (tertiary/aromatic N) is 1. The molecule has 0 aromatic heterocycles. The third-order valence-corrected chi connectivity index (χ3v) is 4.46. The smallest absolute Gasteiger partial charge is 0.0104 e. The molecule has 1 aromatic rings. The summed E-state index contributed by atoms with van der Waals surface area (Å²) in [5, 5.41) is 3.72. The van der Waals surface area contributed by atoms with Crippen LogP contribution >= 0.6 is 0 Å². The lowest BCUT2D eigenvalue weighted by Gasteiger charge is -2.30. The molecule has 2 heteroatoms. The molecule has 0 heterocycles. The topological polar surface area (TPSA) is 15.3 Å². The summed E-state index contributed by atoms with van der Waals surface area (Å²) >= 11 is 0. The van der Waals surface area contributed by atoms with Crippen LogP contribution in [0, 0.1) is 0 Å². The van der Waals surface area contributed by atoms with E-state index in [1.165, 1.54) is 31.2 Å². The summed E-state index contributed by atoms with van der Waals surface area (Å²) in [4.78, 5) is 2.36. The van der Waals surface area contributed by atoms with Gasteiger partial charge in [-0.25, -0.2) is 0 Å². The Labute approximate surface area is 118 Å². The third kappa shape index (κ3) is 4.63. The second-order valence-corrected chi connectivity index (χ2v) is 5.81. The molecule has 1 fully saturated rings. The predicted molar refractivity (Wildman–Crippen MR) is 82.6 cm³/mol. The minimum absolute atomic E-state index is 0.741. The highest BCUT2D eigenvalue weighted by molar-refractivity contribution is 5.20. The van der Waals surface area contributed by atoms with Crippen molar-refractivity contribution in [2.45, 2.75) is 44.6 Å². The predicted octanol–water partition coefficient (Wildman–Crippen LogP) is 3.25.